The van der Waals surface area contributed by atoms with Crippen molar-refractivity contribution in [3.05, 3.63) is 22.4 Å². The van der Waals surface area contributed by atoms with Gasteiger partial charge in [0, 0.05) is 5.38 Å². The first-order valence-electron chi connectivity index (χ1n) is 4.77. The number of hydrogen-bond acceptors (Lipinski definition) is 3. The highest BCUT2D eigenvalue weighted by atomic mass is 32.1. The minimum absolute atomic E-state index is 0.109. The smallest absolute Gasteiger partial charge is 0.252 e. The largest absolute Gasteiger partial charge is 0.392 e. The van der Waals surface area contributed by atoms with Crippen LogP contribution in [-0.4, -0.2) is 16.9 Å². The molecule has 3 N–H and O–H groups in total. The van der Waals surface area contributed by atoms with E-state index < -0.39 is 0 Å². The Morgan fingerprint density at radius 1 is 1.73 bits per heavy atom. The zero-order valence-electron chi connectivity index (χ0n) is 8.53. The van der Waals surface area contributed by atoms with E-state index >= 15 is 0 Å². The van der Waals surface area contributed by atoms with Gasteiger partial charge in [-0.1, -0.05) is 25.6 Å². The first-order valence-corrected chi connectivity index (χ1v) is 6.12. The molecule has 0 bridgehead atoms. The van der Waals surface area contributed by atoms with Crippen LogP contribution < -0.4 is 11.1 Å². The molecule has 1 aromatic rings. The fraction of sp³-hybridized carbons (Fsp3) is 0.400. The SMILES string of the molecule is CCCC(NC(=O)c1ccsc1)C(N)=S. The Hall–Kier alpha value is -0.940. The number of carbonyl (C=O) groups excluding carboxylic acids is 1. The lowest BCUT2D eigenvalue weighted by molar-refractivity contribution is 0.0946. The molecule has 1 atom stereocenters. The van der Waals surface area contributed by atoms with Crippen LogP contribution in [0.3, 0.4) is 0 Å². The van der Waals surface area contributed by atoms with Gasteiger partial charge in [-0.15, -0.1) is 0 Å². The van der Waals surface area contributed by atoms with E-state index in [4.69, 9.17) is 18.0 Å². The van der Waals surface area contributed by atoms with E-state index in [1.54, 1.807) is 11.4 Å². The second kappa shape index (κ2) is 5.82. The number of amides is 1. The molecule has 0 aromatic carbocycles. The van der Waals surface area contributed by atoms with Gasteiger partial charge in [-0.3, -0.25) is 4.79 Å². The molecule has 0 aliphatic rings. The standard InChI is InChI=1S/C10H14N2OS2/c1-2-3-8(9(11)14)12-10(13)7-4-5-15-6-7/h4-6,8H,2-3H2,1H3,(H2,11,14)(H,12,13). The van der Waals surface area contributed by atoms with E-state index in [9.17, 15) is 4.79 Å². The maximum Gasteiger partial charge on any atom is 0.252 e. The minimum Gasteiger partial charge on any atom is -0.392 e. The van der Waals surface area contributed by atoms with Crippen molar-refractivity contribution < 1.29 is 4.79 Å². The van der Waals surface area contributed by atoms with Gasteiger partial charge in [0.05, 0.1) is 16.6 Å². The number of carbonyl (C=O) groups is 1. The molecule has 0 fully saturated rings. The molecule has 1 rings (SSSR count). The number of nitrogens with one attached hydrogen (secondary N) is 1. The molecule has 0 aliphatic carbocycles. The average molecular weight is 242 g/mol. The van der Waals surface area contributed by atoms with Crippen LogP contribution in [0.5, 0.6) is 0 Å². The van der Waals surface area contributed by atoms with Gasteiger partial charge >= 0.3 is 0 Å². The molecule has 0 aliphatic heterocycles. The normalized spacial score (nSPS) is 12.1. The van der Waals surface area contributed by atoms with Gasteiger partial charge in [-0.25, -0.2) is 0 Å². The number of hydrogen-bond donors (Lipinski definition) is 2. The Kier molecular flexibility index (Phi) is 4.71. The van der Waals surface area contributed by atoms with Crippen LogP contribution in [0, 0.1) is 0 Å². The predicted molar refractivity (Wildman–Crippen MR) is 67.3 cm³/mol. The molecule has 15 heavy (non-hydrogen) atoms. The summed E-state index contributed by atoms with van der Waals surface area (Å²) in [5.41, 5.74) is 6.21. The summed E-state index contributed by atoms with van der Waals surface area (Å²) >= 11 is 6.39. The van der Waals surface area contributed by atoms with Crippen LogP contribution in [0.2, 0.25) is 0 Å². The maximum absolute atomic E-state index is 11.7. The molecular weight excluding hydrogens is 228 g/mol. The van der Waals surface area contributed by atoms with Crippen molar-refractivity contribution in [3.63, 3.8) is 0 Å². The summed E-state index contributed by atoms with van der Waals surface area (Å²) < 4.78 is 0. The highest BCUT2D eigenvalue weighted by Crippen LogP contribution is 2.07. The third-order valence-electron chi connectivity index (χ3n) is 2.01. The summed E-state index contributed by atoms with van der Waals surface area (Å²) in [5, 5.41) is 6.49. The molecule has 0 saturated carbocycles. The molecule has 0 radical (unpaired) electrons. The predicted octanol–water partition coefficient (Wildman–Crippen LogP) is 1.93. The molecule has 1 heterocycles. The van der Waals surface area contributed by atoms with Crippen LogP contribution in [0.1, 0.15) is 30.1 Å². The average Bonchev–Trinajstić information content (AvgIpc) is 2.69. The monoisotopic (exact) mass is 242 g/mol. The quantitative estimate of drug-likeness (QED) is 0.776. The van der Waals surface area contributed by atoms with Crippen molar-refractivity contribution >= 4 is 34.5 Å². The van der Waals surface area contributed by atoms with Gasteiger partial charge in [0.2, 0.25) is 0 Å². The molecule has 1 unspecified atom stereocenters. The molecular formula is C10H14N2OS2. The third-order valence-corrected chi connectivity index (χ3v) is 2.98. The molecule has 0 spiro atoms. The maximum atomic E-state index is 11.7. The second-order valence-electron chi connectivity index (χ2n) is 3.23. The van der Waals surface area contributed by atoms with Crippen molar-refractivity contribution in [2.45, 2.75) is 25.8 Å². The Morgan fingerprint density at radius 3 is 2.93 bits per heavy atom. The highest BCUT2D eigenvalue weighted by molar-refractivity contribution is 7.80. The highest BCUT2D eigenvalue weighted by Gasteiger charge is 2.15. The Labute approximate surface area is 98.7 Å². The van der Waals surface area contributed by atoms with Crippen molar-refractivity contribution in [2.24, 2.45) is 5.73 Å². The molecule has 3 nitrogen and oxygen atoms in total. The van der Waals surface area contributed by atoms with Crippen LogP contribution in [0.4, 0.5) is 0 Å². The lowest BCUT2D eigenvalue weighted by Gasteiger charge is -2.15. The van der Waals surface area contributed by atoms with Gasteiger partial charge in [0.1, 0.15) is 0 Å². The topological polar surface area (TPSA) is 55.1 Å². The molecule has 0 saturated heterocycles. The fourth-order valence-corrected chi connectivity index (χ4v) is 2.02. The van der Waals surface area contributed by atoms with Crippen molar-refractivity contribution in [3.8, 4) is 0 Å². The van der Waals surface area contributed by atoms with Gasteiger partial charge in [-0.05, 0) is 17.9 Å². The van der Waals surface area contributed by atoms with E-state index in [0.29, 0.717) is 10.6 Å². The number of nitrogens with two attached hydrogens (primary N) is 1. The zero-order chi connectivity index (χ0) is 11.3. The van der Waals surface area contributed by atoms with Gasteiger partial charge in [-0.2, -0.15) is 11.3 Å². The summed E-state index contributed by atoms with van der Waals surface area (Å²) in [4.78, 5) is 12.0. The van der Waals surface area contributed by atoms with Crippen molar-refractivity contribution in [2.75, 3.05) is 0 Å². The summed E-state index contributed by atoms with van der Waals surface area (Å²) in [6.07, 6.45) is 1.72. The Balaban J connectivity index is 2.59. The van der Waals surface area contributed by atoms with Crippen LogP contribution >= 0.6 is 23.6 Å². The Bertz CT molecular complexity index is 335. The summed E-state index contributed by atoms with van der Waals surface area (Å²) in [7, 11) is 0. The number of rotatable bonds is 5. The van der Waals surface area contributed by atoms with Crippen molar-refractivity contribution in [1.82, 2.24) is 5.32 Å². The third kappa shape index (κ3) is 3.60. The van der Waals surface area contributed by atoms with E-state index in [0.717, 1.165) is 12.8 Å². The van der Waals surface area contributed by atoms with Crippen LogP contribution in [0.15, 0.2) is 16.8 Å². The van der Waals surface area contributed by atoms with E-state index in [-0.39, 0.29) is 11.9 Å². The summed E-state index contributed by atoms with van der Waals surface area (Å²) in [6.45, 7) is 2.03. The number of thiophene rings is 1. The van der Waals surface area contributed by atoms with Crippen molar-refractivity contribution in [1.29, 1.82) is 0 Å². The lowest BCUT2D eigenvalue weighted by Crippen LogP contribution is -2.43. The number of thiocarbonyl (C=S) groups is 1. The molecule has 1 aromatic heterocycles. The summed E-state index contributed by atoms with van der Waals surface area (Å²) in [5.74, 6) is -0.109. The van der Waals surface area contributed by atoms with Gasteiger partial charge < -0.3 is 11.1 Å². The first kappa shape index (κ1) is 12.1. The lowest BCUT2D eigenvalue weighted by atomic mass is 10.1. The van der Waals surface area contributed by atoms with Crippen LogP contribution in [0.25, 0.3) is 0 Å². The molecule has 82 valence electrons. The fourth-order valence-electron chi connectivity index (χ4n) is 1.21. The Morgan fingerprint density at radius 2 is 2.47 bits per heavy atom. The minimum atomic E-state index is -0.197. The first-order chi connectivity index (χ1) is 7.15. The van der Waals surface area contributed by atoms with Gasteiger partial charge in [0.15, 0.2) is 0 Å². The van der Waals surface area contributed by atoms with E-state index in [2.05, 4.69) is 5.32 Å². The second-order valence-corrected chi connectivity index (χ2v) is 4.48. The molecule has 1 amide bonds. The van der Waals surface area contributed by atoms with Gasteiger partial charge in [0.25, 0.3) is 5.91 Å². The summed E-state index contributed by atoms with van der Waals surface area (Å²) in [6, 6.07) is 1.58. The van der Waals surface area contributed by atoms with Crippen LogP contribution in [-0.2, 0) is 0 Å². The van der Waals surface area contributed by atoms with E-state index in [1.165, 1.54) is 11.3 Å². The zero-order valence-corrected chi connectivity index (χ0v) is 10.2. The van der Waals surface area contributed by atoms with E-state index in [1.807, 2.05) is 12.3 Å². The molecule has 5 heteroatoms.